The summed E-state index contributed by atoms with van der Waals surface area (Å²) in [5.74, 6) is -3.39. The molecule has 7 unspecified atom stereocenters. The second kappa shape index (κ2) is 46.0. The zero-order valence-corrected chi connectivity index (χ0v) is 91.1. The number of hydrogen-bond acceptors (Lipinski definition) is 26. The highest BCUT2D eigenvalue weighted by Gasteiger charge is 2.47. The number of thioether (sulfide) groups is 5. The summed E-state index contributed by atoms with van der Waals surface area (Å²) in [5.41, 5.74) is 20.1. The molecule has 0 spiro atoms. The molecule has 5 saturated heterocycles. The van der Waals surface area contributed by atoms with E-state index in [1.165, 1.54) is 188 Å². The van der Waals surface area contributed by atoms with Crippen LogP contribution in [0.5, 0.6) is 5.75 Å². The molecule has 0 aromatic heterocycles. The molecule has 8 aromatic rings. The van der Waals surface area contributed by atoms with Crippen LogP contribution in [0.1, 0.15) is 184 Å². The molecule has 5 N–H and O–H groups in total. The van der Waals surface area contributed by atoms with Crippen molar-refractivity contribution in [3.8, 4) is 5.75 Å². The Labute approximate surface area is 905 Å². The van der Waals surface area contributed by atoms with E-state index in [2.05, 4.69) is 206 Å². The van der Waals surface area contributed by atoms with Gasteiger partial charge in [0.2, 0.25) is 0 Å². The van der Waals surface area contributed by atoms with Gasteiger partial charge in [-0.3, -0.25) is 72.4 Å². The van der Waals surface area contributed by atoms with E-state index in [9.17, 15) is 47.9 Å². The van der Waals surface area contributed by atoms with Crippen molar-refractivity contribution in [2.24, 2.45) is 0 Å². The molecule has 3 aliphatic carbocycles. The minimum atomic E-state index is -0.947. The second-order valence-electron chi connectivity index (χ2n) is 36.9. The fourth-order valence-corrected chi connectivity index (χ4v) is 28.9. The minimum absolute atomic E-state index is 0.0944. The van der Waals surface area contributed by atoms with Gasteiger partial charge in [0.1, 0.15) is 27.4 Å². The topological polar surface area (TPSA) is 313 Å². The van der Waals surface area contributed by atoms with Crippen molar-refractivity contribution in [2.75, 3.05) is 91.0 Å². The van der Waals surface area contributed by atoms with Crippen molar-refractivity contribution in [1.82, 2.24) is 24.5 Å². The van der Waals surface area contributed by atoms with Crippen molar-refractivity contribution < 1.29 is 78.2 Å². The second-order valence-corrected chi connectivity index (χ2v) is 47.1. The lowest BCUT2D eigenvalue weighted by Crippen LogP contribution is -2.30. The molecule has 0 bridgehead atoms. The summed E-state index contributed by atoms with van der Waals surface area (Å²) in [4.78, 5) is 139. The number of anilines is 7. The number of carbonyl (C=O) groups is 10. The molecule has 38 heteroatoms. The number of methoxy groups -OCH3 is 1. The van der Waals surface area contributed by atoms with Crippen molar-refractivity contribution in [2.45, 2.75) is 165 Å². The van der Waals surface area contributed by atoms with Gasteiger partial charge in [-0.05, 0) is 294 Å². The fraction of sp³-hybridized carbons (Fsp3) is 0.336. The predicted octanol–water partition coefficient (Wildman–Crippen LogP) is 22.3. The van der Waals surface area contributed by atoms with E-state index < -0.39 is 29.8 Å². The van der Waals surface area contributed by atoms with Gasteiger partial charge in [0.25, 0.3) is 29.5 Å². The third-order valence-corrected chi connectivity index (χ3v) is 36.2. The van der Waals surface area contributed by atoms with Crippen LogP contribution in [0, 0.1) is 0 Å². The highest BCUT2D eigenvalue weighted by molar-refractivity contribution is 9.11. The van der Waals surface area contributed by atoms with E-state index in [-0.39, 0.29) is 94.4 Å². The number of fused-ring (bicyclic) bond motifs is 12. The molecule has 10 aliphatic heterocycles. The number of halogens is 2. The number of thiocarbonyl (C=S) groups is 5. The molecule has 21 rings (SSSR count). The number of ether oxygens (including phenoxy) is 1. The monoisotopic (exact) mass is 2260 g/mol. The van der Waals surface area contributed by atoms with Crippen LogP contribution >= 0.6 is 152 Å². The van der Waals surface area contributed by atoms with E-state index >= 15 is 0 Å². The van der Waals surface area contributed by atoms with E-state index in [4.69, 9.17) is 91.4 Å². The number of benzene rings is 8. The number of carboxylic acids is 5. The van der Waals surface area contributed by atoms with E-state index in [0.29, 0.717) is 88.0 Å². The lowest BCUT2D eigenvalue weighted by atomic mass is 9.96. The molecule has 145 heavy (non-hydrogen) atoms. The summed E-state index contributed by atoms with van der Waals surface area (Å²) in [6.07, 6.45) is 21.5. The third-order valence-electron chi connectivity index (χ3n) is 28.2. The van der Waals surface area contributed by atoms with Crippen molar-refractivity contribution in [1.29, 1.82) is 0 Å². The first kappa shape index (κ1) is 106. The number of carbonyl (C=O) groups excluding carboxylic acids is 5. The summed E-state index contributed by atoms with van der Waals surface area (Å²) in [6, 6.07) is 52.8. The zero-order valence-electron chi connectivity index (χ0n) is 79.8. The van der Waals surface area contributed by atoms with Crippen LogP contribution in [0.2, 0.25) is 0 Å². The number of rotatable bonds is 25. The van der Waals surface area contributed by atoms with Gasteiger partial charge in [-0.15, -0.1) is 0 Å². The molecule has 752 valence electrons. The molecule has 0 radical (unpaired) electrons. The summed E-state index contributed by atoms with van der Waals surface area (Å²) >= 11 is 39.9. The summed E-state index contributed by atoms with van der Waals surface area (Å²) in [7, 11) is 3.86. The van der Waals surface area contributed by atoms with Crippen LogP contribution < -0.4 is 29.2 Å². The van der Waals surface area contributed by atoms with Crippen LogP contribution in [0.15, 0.2) is 179 Å². The van der Waals surface area contributed by atoms with E-state index in [0.717, 1.165) is 106 Å². The molecule has 8 aromatic carbocycles. The number of nitrogens with zero attached hydrogens (tertiary/aromatic N) is 10. The largest absolute Gasteiger partial charge is 0.497 e. The Bertz CT molecular complexity index is 6880. The molecular weight excluding hydrogens is 2160 g/mol. The Morgan fingerprint density at radius 1 is 0.407 bits per heavy atom. The molecule has 10 heterocycles. The van der Waals surface area contributed by atoms with Gasteiger partial charge in [-0.1, -0.05) is 191 Å². The average molecular weight is 2270 g/mol. The maximum atomic E-state index is 12.9. The first-order valence-corrected chi connectivity index (χ1v) is 55.7. The predicted molar refractivity (Wildman–Crippen MR) is 607 cm³/mol. The Hall–Kier alpha value is -10.6. The fourth-order valence-electron chi connectivity index (χ4n) is 21.4. The Kier molecular flexibility index (Phi) is 33.5. The molecule has 5 amide bonds. The highest BCUT2D eigenvalue weighted by Crippen LogP contribution is 2.58. The van der Waals surface area contributed by atoms with Gasteiger partial charge in [0, 0.05) is 144 Å². The van der Waals surface area contributed by atoms with Crippen molar-refractivity contribution in [3.63, 3.8) is 0 Å². The first-order valence-electron chi connectivity index (χ1n) is 48.0. The molecule has 8 fully saturated rings. The molecule has 13 aliphatic rings. The molecule has 26 nitrogen and oxygen atoms in total. The maximum Gasteiger partial charge on any atom is 0.305 e. The van der Waals surface area contributed by atoms with Crippen LogP contribution in [0.3, 0.4) is 0 Å². The van der Waals surface area contributed by atoms with Gasteiger partial charge >= 0.3 is 29.8 Å². The van der Waals surface area contributed by atoms with E-state index in [1.807, 2.05) is 54.6 Å². The smallest absolute Gasteiger partial charge is 0.305 e. The number of hydrogen-bond donors (Lipinski definition) is 5. The number of aliphatic carboxylic acids is 5. The van der Waals surface area contributed by atoms with Gasteiger partial charge < -0.3 is 54.8 Å². The standard InChI is InChI=1S/C29H26N2O4S2.C24H20Br2N2O3S2.C19H20N2O3S2.C18H20N2O3S2.C17H18N2O3S2/c1-35-21-9-7-18-15-20(8-6-19(18)16-21)31-24-4-2-3-22(24)23-13-17(5-10-25(23)31)14-26-28(34)30(29(36)37-26)12-11-27(32)33;25-14-4-6-15(7-5-14)28-19-3-1-2-16(19)17-10-13(11-18(26)22(17)28)12-20-23(31)27(24(32)33-20)9-8-21(29)30;1-20-14-4-2-3-12(14)13-9-11(5-6-15(13)20)10-16-18(24)21(19(25)26-16)8-7-17(22)23;1-3-19-11(2)8-13-9-12(4-5-14(13)19)10-15-17(23)20(18(24)25-15)7-6-16(21)22;1-2-18-7-5-12-9-11(3-4-13(12)18)10-14-16(22)19(17(23)24-14)8-6-15(20)21/h5-10,13-16,22,24H,2-4,11-12H2,1H3,(H,32,33);4-7,10-12,16,19H,1-3,8-9H2,(H,29,30);5-6,9-10,12,14H,2-4,7-8H2,1H3,(H,22,23);4-5,9-11H,3,6-8H2,1-2H3,(H,21,22);3-4,9-10H,2,5-8H2,1H3,(H,20,21)/b26-14+;20-12+;16-10+;15-10+;14-10+. The lowest BCUT2D eigenvalue weighted by Gasteiger charge is -2.28. The van der Waals surface area contributed by atoms with Gasteiger partial charge in [-0.2, -0.15) is 0 Å². The average Bonchev–Trinajstić information content (AvgIpc) is 1.57. The lowest BCUT2D eigenvalue weighted by molar-refractivity contribution is -0.138. The number of likely N-dealkylation sites (N-methyl/N-ethyl adjacent to an activating group) is 3. The van der Waals surface area contributed by atoms with Gasteiger partial charge in [0.05, 0.1) is 69.4 Å². The van der Waals surface area contributed by atoms with Gasteiger partial charge in [0.15, 0.2) is 0 Å². The molecular formula is C107H104Br2N10O16S10. The Morgan fingerprint density at radius 3 is 1.24 bits per heavy atom. The summed E-state index contributed by atoms with van der Waals surface area (Å²) < 4.78 is 9.54. The minimum Gasteiger partial charge on any atom is -0.497 e. The highest BCUT2D eigenvalue weighted by atomic mass is 79.9. The summed E-state index contributed by atoms with van der Waals surface area (Å²) in [5, 5.41) is 46.7. The summed E-state index contributed by atoms with van der Waals surface area (Å²) in [6.45, 7) is 10.1. The van der Waals surface area contributed by atoms with Crippen LogP contribution in [0.25, 0.3) is 41.2 Å². The quantitative estimate of drug-likeness (QED) is 0.0262. The van der Waals surface area contributed by atoms with Crippen molar-refractivity contribution in [3.05, 3.63) is 235 Å². The first-order chi connectivity index (χ1) is 69.6. The van der Waals surface area contributed by atoms with E-state index in [1.54, 1.807) is 7.11 Å². The number of carboxylic acid groups (broad SMARTS) is 5. The van der Waals surface area contributed by atoms with Crippen LogP contribution in [-0.2, 0) is 60.8 Å². The normalized spacial score (nSPS) is 22.2. The molecule has 7 atom stereocenters. The maximum absolute atomic E-state index is 12.9. The zero-order chi connectivity index (χ0) is 103. The third kappa shape index (κ3) is 23.1. The Morgan fingerprint density at radius 2 is 0.786 bits per heavy atom. The Balaban J connectivity index is 0.000000125. The van der Waals surface area contributed by atoms with Gasteiger partial charge in [-0.25, -0.2) is 0 Å². The number of amides is 5. The van der Waals surface area contributed by atoms with Crippen LogP contribution in [-0.4, -0.2) is 222 Å². The van der Waals surface area contributed by atoms with Crippen LogP contribution in [0.4, 0.5) is 39.8 Å². The van der Waals surface area contributed by atoms with Crippen molar-refractivity contribution >= 4 is 314 Å². The molecule has 3 saturated carbocycles. The SMILES string of the molecule is CCN1CCc2cc(/C=C3/SC(=S)N(CCC(=O)O)C3=O)ccc21.CCN1c2ccc(/C=C3/SC(=S)N(CCC(=O)O)C3=O)cc2CC1C.CN1c2ccc(/C=C3/SC(=S)N(CCC(=O)O)C3=O)cc2C2CCCC21.COc1ccc2cc(N3c4ccc(/C=C5/SC(=S)N(CCC(=O)O)C5=O)cc4C4CCCC43)ccc2c1.O=C(O)CCN1C(=O)/C(=C\c2cc(Br)c3c(c2)C2CCCC2N3c2ccc(Br)cc2)SC1=S.